The van der Waals surface area contributed by atoms with Crippen LogP contribution in [-0.4, -0.2) is 47.8 Å². The second kappa shape index (κ2) is 9.46. The van der Waals surface area contributed by atoms with Crippen LogP contribution in [0.25, 0.3) is 11.1 Å². The minimum atomic E-state index is -0.452. The van der Waals surface area contributed by atoms with Crippen LogP contribution >= 0.6 is 0 Å². The molecule has 3 amide bonds. The molecule has 10 heteroatoms. The summed E-state index contributed by atoms with van der Waals surface area (Å²) in [5.41, 5.74) is 4.93. The molecule has 0 bridgehead atoms. The number of hydrogen-bond donors (Lipinski definition) is 2. The summed E-state index contributed by atoms with van der Waals surface area (Å²) in [6.45, 7) is 1.10. The van der Waals surface area contributed by atoms with Crippen molar-refractivity contribution in [3.63, 3.8) is 0 Å². The van der Waals surface area contributed by atoms with Crippen molar-refractivity contribution >= 4 is 40.2 Å². The van der Waals surface area contributed by atoms with E-state index in [9.17, 15) is 19.2 Å². The zero-order valence-electron chi connectivity index (χ0n) is 20.1. The molecule has 36 heavy (non-hydrogen) atoms. The predicted molar refractivity (Wildman–Crippen MR) is 134 cm³/mol. The number of aromatic nitrogens is 1. The number of rotatable bonds is 6. The molecule has 0 saturated carbocycles. The maximum absolute atomic E-state index is 13.1. The lowest BCUT2D eigenvalue weighted by Gasteiger charge is -2.38. The first-order valence-electron chi connectivity index (χ1n) is 11.8. The van der Waals surface area contributed by atoms with E-state index < -0.39 is 17.6 Å². The number of likely N-dealkylation sites (N-methyl/N-ethyl adjacent to an activating group) is 1. The lowest BCUT2D eigenvalue weighted by atomic mass is 9.80. The average molecular weight is 490 g/mol. The molecule has 1 aliphatic heterocycles. The molecule has 3 aromatic rings. The lowest BCUT2D eigenvalue weighted by Crippen LogP contribution is -2.59. The summed E-state index contributed by atoms with van der Waals surface area (Å²) in [6, 6.07) is 11.5. The largest absolute Gasteiger partial charge is 0.419 e. The molecule has 0 spiro atoms. The molecular formula is C26H27N5O5. The van der Waals surface area contributed by atoms with Crippen LogP contribution in [-0.2, 0) is 16.1 Å². The number of allylic oxidation sites excluding steroid dienone is 2. The van der Waals surface area contributed by atoms with Crippen molar-refractivity contribution < 1.29 is 18.8 Å². The van der Waals surface area contributed by atoms with Crippen molar-refractivity contribution in [2.45, 2.75) is 19.4 Å². The number of anilines is 2. The maximum Gasteiger partial charge on any atom is 0.419 e. The minimum Gasteiger partial charge on any atom is -0.408 e. The highest BCUT2D eigenvalue weighted by Gasteiger charge is 2.42. The summed E-state index contributed by atoms with van der Waals surface area (Å²) in [7, 11) is 3.83. The molecule has 2 atom stereocenters. The van der Waals surface area contributed by atoms with Crippen LogP contribution in [0, 0.1) is 11.8 Å². The van der Waals surface area contributed by atoms with E-state index in [2.05, 4.69) is 10.7 Å². The number of nitrogens with zero attached hydrogens (tertiary/aromatic N) is 3. The van der Waals surface area contributed by atoms with Gasteiger partial charge in [0.25, 0.3) is 5.91 Å². The zero-order chi connectivity index (χ0) is 25.4. The molecule has 1 aromatic heterocycles. The number of oxazole rings is 1. The van der Waals surface area contributed by atoms with Gasteiger partial charge in [-0.25, -0.2) is 9.80 Å². The van der Waals surface area contributed by atoms with Crippen LogP contribution in [0.4, 0.5) is 11.4 Å². The average Bonchev–Trinajstić information content (AvgIpc) is 3.19. The monoisotopic (exact) mass is 489 g/mol. The third kappa shape index (κ3) is 4.42. The highest BCUT2D eigenvalue weighted by molar-refractivity contribution is 6.07. The summed E-state index contributed by atoms with van der Waals surface area (Å²) in [6.07, 6.45) is 4.92. The third-order valence-corrected chi connectivity index (χ3v) is 6.59. The van der Waals surface area contributed by atoms with Gasteiger partial charge in [-0.2, -0.15) is 0 Å². The van der Waals surface area contributed by atoms with Crippen LogP contribution in [0.2, 0.25) is 0 Å². The van der Waals surface area contributed by atoms with Gasteiger partial charge in [-0.05, 0) is 63.3 Å². The van der Waals surface area contributed by atoms with E-state index in [0.717, 1.165) is 0 Å². The Morgan fingerprint density at radius 1 is 1.08 bits per heavy atom. The molecular weight excluding hydrogens is 462 g/mol. The van der Waals surface area contributed by atoms with Gasteiger partial charge in [0.15, 0.2) is 5.58 Å². The van der Waals surface area contributed by atoms with E-state index >= 15 is 0 Å². The fraction of sp³-hybridized carbons (Fsp3) is 0.308. The first-order chi connectivity index (χ1) is 17.3. The quantitative estimate of drug-likeness (QED) is 0.514. The molecule has 5 rings (SSSR count). The molecule has 186 valence electrons. The second-order valence-corrected chi connectivity index (χ2v) is 9.32. The summed E-state index contributed by atoms with van der Waals surface area (Å²) in [5.74, 6) is -2.01. The molecule has 10 nitrogen and oxygen atoms in total. The van der Waals surface area contributed by atoms with Crippen molar-refractivity contribution in [1.29, 1.82) is 0 Å². The lowest BCUT2D eigenvalue weighted by molar-refractivity contribution is -0.139. The van der Waals surface area contributed by atoms with Gasteiger partial charge in [-0.3, -0.25) is 24.4 Å². The highest BCUT2D eigenvalue weighted by atomic mass is 16.4. The summed E-state index contributed by atoms with van der Waals surface area (Å²) in [4.78, 5) is 52.9. The molecule has 0 radical (unpaired) electrons. The van der Waals surface area contributed by atoms with Gasteiger partial charge in [-0.1, -0.05) is 18.2 Å². The highest BCUT2D eigenvalue weighted by Crippen LogP contribution is 2.32. The molecule has 2 aliphatic rings. The molecule has 2 N–H and O–H groups in total. The maximum atomic E-state index is 13.1. The first-order valence-corrected chi connectivity index (χ1v) is 11.8. The Labute approximate surface area is 207 Å². The van der Waals surface area contributed by atoms with E-state index in [4.69, 9.17) is 4.42 Å². The number of amides is 3. The number of hydrogen-bond acceptors (Lipinski definition) is 6. The van der Waals surface area contributed by atoms with Crippen molar-refractivity contribution in [3.8, 4) is 0 Å². The van der Waals surface area contributed by atoms with Crippen LogP contribution in [0.15, 0.2) is 63.8 Å². The second-order valence-electron chi connectivity index (χ2n) is 9.32. The fourth-order valence-electron chi connectivity index (χ4n) is 4.62. The van der Waals surface area contributed by atoms with Crippen molar-refractivity contribution in [3.05, 3.63) is 70.7 Å². The first kappa shape index (κ1) is 23.6. The summed E-state index contributed by atoms with van der Waals surface area (Å²) < 4.78 is 6.85. The Morgan fingerprint density at radius 3 is 2.64 bits per heavy atom. The molecule has 2 aromatic carbocycles. The van der Waals surface area contributed by atoms with Gasteiger partial charge in [0.05, 0.1) is 23.0 Å². The smallest absolute Gasteiger partial charge is 0.408 e. The Hall–Kier alpha value is -4.18. The third-order valence-electron chi connectivity index (χ3n) is 6.59. The van der Waals surface area contributed by atoms with Gasteiger partial charge in [0.2, 0.25) is 11.8 Å². The minimum absolute atomic E-state index is 0.192. The standard InChI is InChI=1S/C26H27N5O5/c1-29(2)12-13-30-21-15-17(10-11-22(21)36-26(30)35)27-23(32)16-6-5-7-18(14-16)31-25(34)20-9-4-3-8-19(20)24(33)28-31/h3-7,10-11,14-15,19-20H,8-9,12-13H2,1-2H3,(H,27,32)(H,28,33). The Morgan fingerprint density at radius 2 is 1.86 bits per heavy atom. The number of carbonyl (C=O) groups excluding carboxylic acids is 3. The topological polar surface area (TPSA) is 117 Å². The number of fused-ring (bicyclic) bond motifs is 2. The van der Waals surface area contributed by atoms with Crippen LogP contribution in [0.1, 0.15) is 23.2 Å². The van der Waals surface area contributed by atoms with Crippen molar-refractivity contribution in [2.24, 2.45) is 11.8 Å². The molecule has 2 unspecified atom stereocenters. The fourth-order valence-corrected chi connectivity index (χ4v) is 4.62. The normalized spacial score (nSPS) is 19.5. The number of carbonyl (C=O) groups is 3. The number of benzene rings is 2. The molecule has 1 aliphatic carbocycles. The van der Waals surface area contributed by atoms with E-state index in [0.29, 0.717) is 54.0 Å². The Bertz CT molecular complexity index is 1440. The Balaban J connectivity index is 1.36. The predicted octanol–water partition coefficient (Wildman–Crippen LogP) is 2.37. The summed E-state index contributed by atoms with van der Waals surface area (Å²) in [5, 5.41) is 4.08. The molecule has 2 heterocycles. The van der Waals surface area contributed by atoms with Crippen molar-refractivity contribution in [1.82, 2.24) is 14.9 Å². The van der Waals surface area contributed by atoms with E-state index in [1.807, 2.05) is 31.1 Å². The van der Waals surface area contributed by atoms with E-state index in [1.54, 1.807) is 42.5 Å². The Kier molecular flexibility index (Phi) is 6.19. The van der Waals surface area contributed by atoms with Crippen molar-refractivity contribution in [2.75, 3.05) is 31.0 Å². The zero-order valence-corrected chi connectivity index (χ0v) is 20.1. The summed E-state index contributed by atoms with van der Waals surface area (Å²) >= 11 is 0. The molecule has 1 saturated heterocycles. The number of nitrogens with one attached hydrogen (secondary N) is 2. The van der Waals surface area contributed by atoms with Gasteiger partial charge in [0.1, 0.15) is 0 Å². The number of hydrazine groups is 1. The van der Waals surface area contributed by atoms with Crippen LogP contribution < -0.4 is 21.5 Å². The van der Waals surface area contributed by atoms with E-state index in [-0.39, 0.29) is 17.7 Å². The van der Waals surface area contributed by atoms with E-state index in [1.165, 1.54) is 9.58 Å². The van der Waals surface area contributed by atoms with Gasteiger partial charge in [-0.15, -0.1) is 0 Å². The van der Waals surface area contributed by atoms with Crippen LogP contribution in [0.5, 0.6) is 0 Å². The van der Waals surface area contributed by atoms with Gasteiger partial charge < -0.3 is 14.6 Å². The van der Waals surface area contributed by atoms with Crippen LogP contribution in [0.3, 0.4) is 0 Å². The van der Waals surface area contributed by atoms with Gasteiger partial charge >= 0.3 is 5.76 Å². The van der Waals surface area contributed by atoms with Gasteiger partial charge in [0, 0.05) is 24.3 Å². The SMILES string of the molecule is CN(C)CCn1c(=O)oc2ccc(NC(=O)c3cccc(N4NC(=O)C5CC=CCC5C4=O)c3)cc21. The molecule has 1 fully saturated rings.